The first kappa shape index (κ1) is 17.3. The lowest BCUT2D eigenvalue weighted by atomic mass is 10.2. The Bertz CT molecular complexity index is 665. The molecule has 4 heteroatoms. The van der Waals surface area contributed by atoms with Crippen molar-refractivity contribution < 1.29 is 4.90 Å². The van der Waals surface area contributed by atoms with Gasteiger partial charge in [0.1, 0.15) is 41.4 Å². The molecule has 120 valence electrons. The molecule has 0 fully saturated rings. The van der Waals surface area contributed by atoms with Crippen LogP contribution in [0.3, 0.4) is 0 Å². The molecular weight excluding hydrogens is 296 g/mol. The topological polar surface area (TPSA) is 43.3 Å². The Labute approximate surface area is 142 Å². The van der Waals surface area contributed by atoms with Crippen LogP contribution in [0.1, 0.15) is 0 Å². The summed E-state index contributed by atoms with van der Waals surface area (Å²) in [7, 11) is 3.15. The molecule has 0 aromatic heterocycles. The summed E-state index contributed by atoms with van der Waals surface area (Å²) in [5.74, 6) is 0. The predicted octanol–water partition coefficient (Wildman–Crippen LogP) is 4.08. The van der Waals surface area contributed by atoms with E-state index in [9.17, 15) is 0 Å². The van der Waals surface area contributed by atoms with Gasteiger partial charge >= 0.3 is 0 Å². The molecule has 4 nitrogen and oxygen atoms in total. The molecule has 0 aliphatic rings. The maximum Gasteiger partial charge on any atom is 0.216 e. The van der Waals surface area contributed by atoms with Crippen LogP contribution < -0.4 is 9.81 Å². The van der Waals surface area contributed by atoms with E-state index in [1.54, 1.807) is 14.1 Å². The average Bonchev–Trinajstić information content (AvgIpc) is 2.66. The standard InChI is InChI=1S/C18H15N.C2H6N3/c1-4-10-16(11-5-1)19(17-12-6-2-7-13-17)18-14-8-3-9-15-18;1-3-5-4-2/h1-15H;1-2H3/q;+1/p+1. The molecule has 0 saturated heterocycles. The summed E-state index contributed by atoms with van der Waals surface area (Å²) in [6.07, 6.45) is 0. The third-order valence-corrected chi connectivity index (χ3v) is 3.37. The summed E-state index contributed by atoms with van der Waals surface area (Å²) in [5.41, 5.74) is 3.75. The van der Waals surface area contributed by atoms with Gasteiger partial charge in [-0.25, -0.2) is 4.90 Å². The SMILES string of the molecule is CN=[N+]=NC.c1ccc([NH+](c2ccccc2)c2ccccc2)cc1. The molecule has 3 aromatic rings. The van der Waals surface area contributed by atoms with E-state index in [2.05, 4.69) is 106 Å². The monoisotopic (exact) mass is 318 g/mol. The van der Waals surface area contributed by atoms with Crippen molar-refractivity contribution >= 4 is 17.1 Å². The molecule has 0 unspecified atom stereocenters. The number of nitrogens with one attached hydrogen (secondary N) is 1. The van der Waals surface area contributed by atoms with Gasteiger partial charge in [0.2, 0.25) is 4.91 Å². The maximum atomic E-state index is 3.31. The van der Waals surface area contributed by atoms with E-state index < -0.39 is 0 Å². The van der Waals surface area contributed by atoms with Gasteiger partial charge in [-0.3, -0.25) is 0 Å². The Morgan fingerprint density at radius 2 is 0.833 bits per heavy atom. The van der Waals surface area contributed by atoms with Crippen LogP contribution in [0.2, 0.25) is 0 Å². The molecule has 0 amide bonds. The number of hydrogen-bond acceptors (Lipinski definition) is 2. The minimum atomic E-state index is 1.25. The Kier molecular flexibility index (Phi) is 7.09. The molecule has 0 bridgehead atoms. The highest BCUT2D eigenvalue weighted by atomic mass is 15.2. The Balaban J connectivity index is 0.000000368. The van der Waals surface area contributed by atoms with Gasteiger partial charge in [0, 0.05) is 0 Å². The van der Waals surface area contributed by atoms with Gasteiger partial charge < -0.3 is 0 Å². The second-order valence-electron chi connectivity index (χ2n) is 4.96. The molecule has 0 atom stereocenters. The third kappa shape index (κ3) is 4.99. The molecule has 3 rings (SSSR count). The number of benzene rings is 3. The van der Waals surface area contributed by atoms with Crippen molar-refractivity contribution in [3.05, 3.63) is 91.0 Å². The number of hydrogen-bond donors (Lipinski definition) is 1. The second-order valence-corrected chi connectivity index (χ2v) is 4.96. The van der Waals surface area contributed by atoms with Crippen LogP contribution in [0, 0.1) is 0 Å². The van der Waals surface area contributed by atoms with Crippen molar-refractivity contribution in [2.24, 2.45) is 10.2 Å². The van der Waals surface area contributed by atoms with Crippen molar-refractivity contribution in [2.45, 2.75) is 0 Å². The van der Waals surface area contributed by atoms with Crippen LogP contribution in [-0.4, -0.2) is 14.1 Å². The van der Waals surface area contributed by atoms with Crippen LogP contribution in [-0.2, 0) is 0 Å². The highest BCUT2D eigenvalue weighted by molar-refractivity contribution is 5.45. The van der Waals surface area contributed by atoms with Gasteiger partial charge in [-0.05, 0) is 36.4 Å². The van der Waals surface area contributed by atoms with Gasteiger partial charge in [-0.2, -0.15) is 0 Å². The van der Waals surface area contributed by atoms with E-state index in [1.807, 2.05) is 0 Å². The fraction of sp³-hybridized carbons (Fsp3) is 0.100. The normalized spacial score (nSPS) is 9.46. The third-order valence-electron chi connectivity index (χ3n) is 3.37. The van der Waals surface area contributed by atoms with Crippen LogP contribution in [0.4, 0.5) is 17.1 Å². The van der Waals surface area contributed by atoms with Crippen molar-refractivity contribution in [1.29, 1.82) is 0 Å². The van der Waals surface area contributed by atoms with Crippen LogP contribution in [0.5, 0.6) is 0 Å². The smallest absolute Gasteiger partial charge is 0.216 e. The number of rotatable bonds is 3. The minimum absolute atomic E-state index is 1.25. The predicted molar refractivity (Wildman–Crippen MR) is 98.1 cm³/mol. The molecule has 0 saturated carbocycles. The minimum Gasteiger partial charge on any atom is -0.238 e. The zero-order valence-corrected chi connectivity index (χ0v) is 14.0. The summed E-state index contributed by atoms with van der Waals surface area (Å²) in [6, 6.07) is 31.6. The summed E-state index contributed by atoms with van der Waals surface area (Å²) in [4.78, 5) is 4.50. The lowest BCUT2D eigenvalue weighted by molar-refractivity contribution is -0.681. The lowest BCUT2D eigenvalue weighted by Crippen LogP contribution is -2.96. The first-order valence-electron chi connectivity index (χ1n) is 7.78. The van der Waals surface area contributed by atoms with Crippen molar-refractivity contribution in [3.63, 3.8) is 0 Å². The molecular formula is C20H22N4+2. The van der Waals surface area contributed by atoms with E-state index >= 15 is 0 Å². The van der Waals surface area contributed by atoms with E-state index in [4.69, 9.17) is 0 Å². The Morgan fingerprint density at radius 3 is 1.04 bits per heavy atom. The summed E-state index contributed by atoms with van der Waals surface area (Å²) < 4.78 is 0. The first-order valence-corrected chi connectivity index (χ1v) is 7.78. The number of para-hydroxylation sites is 3. The maximum absolute atomic E-state index is 3.31. The molecule has 3 aromatic carbocycles. The van der Waals surface area contributed by atoms with Gasteiger partial charge in [0.15, 0.2) is 0 Å². The van der Waals surface area contributed by atoms with Crippen molar-refractivity contribution in [2.75, 3.05) is 14.1 Å². The van der Waals surface area contributed by atoms with E-state index in [1.165, 1.54) is 22.0 Å². The highest BCUT2D eigenvalue weighted by Crippen LogP contribution is 2.13. The molecule has 24 heavy (non-hydrogen) atoms. The van der Waals surface area contributed by atoms with Crippen LogP contribution >= 0.6 is 0 Å². The van der Waals surface area contributed by atoms with E-state index in [0.29, 0.717) is 0 Å². The average molecular weight is 318 g/mol. The zero-order valence-electron chi connectivity index (χ0n) is 14.0. The molecule has 0 heterocycles. The number of nitrogens with zero attached hydrogens (tertiary/aromatic N) is 3. The van der Waals surface area contributed by atoms with Gasteiger partial charge in [-0.1, -0.05) is 54.6 Å². The Hall–Kier alpha value is -3.07. The summed E-state index contributed by atoms with van der Waals surface area (Å²) >= 11 is 0. The van der Waals surface area contributed by atoms with Crippen molar-refractivity contribution in [3.8, 4) is 0 Å². The van der Waals surface area contributed by atoms with Gasteiger partial charge in [-0.15, -0.1) is 0 Å². The fourth-order valence-electron chi connectivity index (χ4n) is 2.40. The van der Waals surface area contributed by atoms with Crippen LogP contribution in [0.15, 0.2) is 101 Å². The largest absolute Gasteiger partial charge is 0.238 e. The summed E-state index contributed by atoms with van der Waals surface area (Å²) in [5, 5.41) is 6.62. The molecule has 0 radical (unpaired) electrons. The lowest BCUT2D eigenvalue weighted by Gasteiger charge is -2.18. The highest BCUT2D eigenvalue weighted by Gasteiger charge is 2.17. The van der Waals surface area contributed by atoms with Gasteiger partial charge in [0.05, 0.1) is 0 Å². The van der Waals surface area contributed by atoms with Crippen molar-refractivity contribution in [1.82, 2.24) is 4.91 Å². The molecule has 0 spiro atoms. The zero-order chi connectivity index (χ0) is 17.0. The quantitative estimate of drug-likeness (QED) is 0.558. The van der Waals surface area contributed by atoms with Gasteiger partial charge in [0.25, 0.3) is 0 Å². The second kappa shape index (κ2) is 9.85. The molecule has 0 aliphatic carbocycles. The van der Waals surface area contributed by atoms with E-state index in [0.717, 1.165) is 0 Å². The fourth-order valence-corrected chi connectivity index (χ4v) is 2.40. The van der Waals surface area contributed by atoms with E-state index in [-0.39, 0.29) is 0 Å². The first-order chi connectivity index (χ1) is 11.9. The molecule has 1 N–H and O–H groups in total. The number of quaternary nitrogens is 1. The van der Waals surface area contributed by atoms with Crippen LogP contribution in [0.25, 0.3) is 0 Å². The molecule has 0 aliphatic heterocycles. The Morgan fingerprint density at radius 1 is 0.542 bits per heavy atom. The summed E-state index contributed by atoms with van der Waals surface area (Å²) in [6.45, 7) is 0.